The second kappa shape index (κ2) is 7.97. The average molecular weight is 461 g/mol. The van der Waals surface area contributed by atoms with Crippen LogP contribution < -0.4 is 15.0 Å². The molecule has 1 aromatic carbocycles. The van der Waals surface area contributed by atoms with Crippen molar-refractivity contribution in [3.8, 4) is 17.0 Å². The summed E-state index contributed by atoms with van der Waals surface area (Å²) in [7, 11) is -2.77. The molecule has 1 N–H and O–H groups in total. The molecular weight excluding hydrogens is 447 g/mol. The Hall–Kier alpha value is -3.50. The lowest BCUT2D eigenvalue weighted by atomic mass is 10.1. The van der Waals surface area contributed by atoms with Crippen molar-refractivity contribution in [3.63, 3.8) is 0 Å². The van der Waals surface area contributed by atoms with Gasteiger partial charge >= 0.3 is 0 Å². The predicted octanol–water partition coefficient (Wildman–Crippen LogP) is 3.36. The molecule has 0 spiro atoms. The number of hydrogen-bond donors (Lipinski definition) is 1. The van der Waals surface area contributed by atoms with Crippen LogP contribution in [0.1, 0.15) is 0 Å². The topological polar surface area (TPSA) is 103 Å². The molecule has 0 saturated heterocycles. The van der Waals surface area contributed by atoms with E-state index in [1.165, 1.54) is 48.3 Å². The first-order valence-corrected chi connectivity index (χ1v) is 10.6. The first-order valence-electron chi connectivity index (χ1n) is 8.78. The van der Waals surface area contributed by atoms with E-state index in [9.17, 15) is 17.6 Å². The molecule has 0 bridgehead atoms. The largest absolute Gasteiger partial charge is 0.480 e. The van der Waals surface area contributed by atoms with Crippen LogP contribution in [-0.4, -0.2) is 29.9 Å². The van der Waals surface area contributed by atoms with E-state index in [4.69, 9.17) is 16.3 Å². The van der Waals surface area contributed by atoms with Crippen LogP contribution in [0.15, 0.2) is 70.7 Å². The number of halogens is 2. The minimum Gasteiger partial charge on any atom is -0.480 e. The Balaban J connectivity index is 1.79. The number of nitrogens with zero attached hydrogens (tertiary/aromatic N) is 3. The fourth-order valence-corrected chi connectivity index (χ4v) is 4.13. The standard InChI is InChI=1S/C20H14ClFN4O4S/c1-30-19-17(25-31(28,29)15-4-2-3-14(22)8-15)7-13(9-24-19)12-5-6-18-23-10-16(21)20(27)26(18)11-12/h2-11,25H,1H3. The SMILES string of the molecule is COc1ncc(-c2ccc3ncc(Cl)c(=O)n3c2)cc1NS(=O)(=O)c1cccc(F)c1. The molecule has 4 rings (SSSR count). The van der Waals surface area contributed by atoms with Crippen LogP contribution in [0.3, 0.4) is 0 Å². The number of fused-ring (bicyclic) bond motifs is 1. The van der Waals surface area contributed by atoms with E-state index >= 15 is 0 Å². The van der Waals surface area contributed by atoms with Crippen LogP contribution in [0, 0.1) is 5.82 Å². The molecule has 4 aromatic rings. The number of aromatic nitrogens is 3. The summed E-state index contributed by atoms with van der Waals surface area (Å²) in [6.07, 6.45) is 4.25. The molecule has 0 aliphatic rings. The summed E-state index contributed by atoms with van der Waals surface area (Å²) < 4.78 is 47.7. The molecule has 0 amide bonds. The fourth-order valence-electron chi connectivity index (χ4n) is 2.91. The van der Waals surface area contributed by atoms with Crippen molar-refractivity contribution in [3.05, 3.63) is 82.2 Å². The van der Waals surface area contributed by atoms with E-state index in [-0.39, 0.29) is 21.5 Å². The average Bonchev–Trinajstić information content (AvgIpc) is 2.76. The minimum atomic E-state index is -4.11. The van der Waals surface area contributed by atoms with Crippen LogP contribution in [0.5, 0.6) is 5.88 Å². The van der Waals surface area contributed by atoms with Gasteiger partial charge in [-0.05, 0) is 36.4 Å². The van der Waals surface area contributed by atoms with Gasteiger partial charge in [-0.25, -0.2) is 22.8 Å². The third kappa shape index (κ3) is 4.07. The first kappa shape index (κ1) is 20.8. The van der Waals surface area contributed by atoms with Gasteiger partial charge in [-0.3, -0.25) is 13.9 Å². The smallest absolute Gasteiger partial charge is 0.276 e. The second-order valence-corrected chi connectivity index (χ2v) is 8.49. The zero-order valence-corrected chi connectivity index (χ0v) is 17.5. The lowest BCUT2D eigenvalue weighted by Crippen LogP contribution is -2.15. The summed E-state index contributed by atoms with van der Waals surface area (Å²) >= 11 is 5.86. The maximum Gasteiger partial charge on any atom is 0.276 e. The highest BCUT2D eigenvalue weighted by atomic mass is 35.5. The number of anilines is 1. The molecule has 158 valence electrons. The second-order valence-electron chi connectivity index (χ2n) is 6.40. The van der Waals surface area contributed by atoms with Crippen molar-refractivity contribution >= 4 is 33.0 Å². The molecule has 0 atom stereocenters. The fraction of sp³-hybridized carbons (Fsp3) is 0.0500. The van der Waals surface area contributed by atoms with Crippen molar-refractivity contribution in [2.75, 3.05) is 11.8 Å². The van der Waals surface area contributed by atoms with Crippen LogP contribution >= 0.6 is 11.6 Å². The highest BCUT2D eigenvalue weighted by Gasteiger charge is 2.19. The van der Waals surface area contributed by atoms with Crippen molar-refractivity contribution in [1.29, 1.82) is 0 Å². The minimum absolute atomic E-state index is 0.0198. The van der Waals surface area contributed by atoms with Crippen molar-refractivity contribution in [1.82, 2.24) is 14.4 Å². The van der Waals surface area contributed by atoms with E-state index in [0.29, 0.717) is 16.8 Å². The van der Waals surface area contributed by atoms with Crippen molar-refractivity contribution in [2.24, 2.45) is 0 Å². The summed E-state index contributed by atoms with van der Waals surface area (Å²) in [6.45, 7) is 0. The zero-order chi connectivity index (χ0) is 22.2. The molecule has 8 nitrogen and oxygen atoms in total. The number of benzene rings is 1. The summed E-state index contributed by atoms with van der Waals surface area (Å²) in [4.78, 5) is 20.3. The Bertz CT molecular complexity index is 1470. The van der Waals surface area contributed by atoms with Crippen molar-refractivity contribution < 1.29 is 17.5 Å². The number of nitrogens with one attached hydrogen (secondary N) is 1. The maximum absolute atomic E-state index is 13.5. The van der Waals surface area contributed by atoms with Gasteiger partial charge in [-0.1, -0.05) is 17.7 Å². The van der Waals surface area contributed by atoms with E-state index in [1.807, 2.05) is 0 Å². The number of ether oxygens (including phenoxy) is 1. The number of hydrogen-bond acceptors (Lipinski definition) is 6. The highest BCUT2D eigenvalue weighted by Crippen LogP contribution is 2.30. The summed E-state index contributed by atoms with van der Waals surface area (Å²) in [5.41, 5.74) is 1.04. The summed E-state index contributed by atoms with van der Waals surface area (Å²) in [5, 5.41) is -0.0361. The first-order chi connectivity index (χ1) is 14.8. The van der Waals surface area contributed by atoms with Gasteiger partial charge in [-0.2, -0.15) is 0 Å². The normalized spacial score (nSPS) is 11.5. The van der Waals surface area contributed by atoms with Gasteiger partial charge in [0.1, 0.15) is 22.2 Å². The lowest BCUT2D eigenvalue weighted by molar-refractivity contribution is 0.400. The Labute approximate surface area is 181 Å². The van der Waals surface area contributed by atoms with Crippen LogP contribution in [-0.2, 0) is 10.0 Å². The molecule has 0 unspecified atom stereocenters. The van der Waals surface area contributed by atoms with E-state index < -0.39 is 21.4 Å². The predicted molar refractivity (Wildman–Crippen MR) is 113 cm³/mol. The molecule has 11 heteroatoms. The van der Waals surface area contributed by atoms with Crippen molar-refractivity contribution in [2.45, 2.75) is 4.90 Å². The third-order valence-corrected chi connectivity index (χ3v) is 6.01. The number of rotatable bonds is 5. The zero-order valence-electron chi connectivity index (χ0n) is 15.9. The Kier molecular flexibility index (Phi) is 5.34. The monoisotopic (exact) mass is 460 g/mol. The van der Waals surface area contributed by atoms with Crippen LogP contribution in [0.4, 0.5) is 10.1 Å². The van der Waals surface area contributed by atoms with Gasteiger partial charge in [0.2, 0.25) is 5.88 Å². The molecule has 0 aliphatic carbocycles. The van der Waals surface area contributed by atoms with E-state index in [0.717, 1.165) is 12.1 Å². The van der Waals surface area contributed by atoms with Gasteiger partial charge in [0.25, 0.3) is 15.6 Å². The number of methoxy groups -OCH3 is 1. The Morgan fingerprint density at radius 3 is 2.65 bits per heavy atom. The van der Waals surface area contributed by atoms with Gasteiger partial charge in [0.05, 0.1) is 18.2 Å². The van der Waals surface area contributed by atoms with Crippen LogP contribution in [0.25, 0.3) is 16.8 Å². The molecule has 0 saturated carbocycles. The Morgan fingerprint density at radius 1 is 1.10 bits per heavy atom. The van der Waals surface area contributed by atoms with Gasteiger partial charge in [0.15, 0.2) is 0 Å². The van der Waals surface area contributed by atoms with Crippen LogP contribution in [0.2, 0.25) is 5.02 Å². The summed E-state index contributed by atoms with van der Waals surface area (Å²) in [6, 6.07) is 9.41. The third-order valence-electron chi connectivity index (χ3n) is 4.39. The molecule has 3 aromatic heterocycles. The number of sulfonamides is 1. The molecule has 0 radical (unpaired) electrons. The van der Waals surface area contributed by atoms with E-state index in [1.54, 1.807) is 12.1 Å². The van der Waals surface area contributed by atoms with E-state index in [2.05, 4.69) is 14.7 Å². The summed E-state index contributed by atoms with van der Waals surface area (Å²) in [5.74, 6) is -0.665. The Morgan fingerprint density at radius 2 is 1.90 bits per heavy atom. The van der Waals surface area contributed by atoms with Gasteiger partial charge in [0, 0.05) is 23.5 Å². The lowest BCUT2D eigenvalue weighted by Gasteiger charge is -2.13. The van der Waals surface area contributed by atoms with Gasteiger partial charge in [-0.15, -0.1) is 0 Å². The highest BCUT2D eigenvalue weighted by molar-refractivity contribution is 7.92. The molecular formula is C20H14ClFN4O4S. The maximum atomic E-state index is 13.5. The van der Waals surface area contributed by atoms with Gasteiger partial charge < -0.3 is 4.74 Å². The number of pyridine rings is 2. The molecule has 31 heavy (non-hydrogen) atoms. The molecule has 3 heterocycles. The quantitative estimate of drug-likeness (QED) is 0.490. The molecule has 0 aliphatic heterocycles. The molecule has 0 fully saturated rings.